The Morgan fingerprint density at radius 3 is 2.68 bits per heavy atom. The van der Waals surface area contributed by atoms with Gasteiger partial charge in [-0.25, -0.2) is 0 Å². The lowest BCUT2D eigenvalue weighted by Crippen LogP contribution is -2.24. The van der Waals surface area contributed by atoms with Crippen LogP contribution in [0.25, 0.3) is 0 Å². The van der Waals surface area contributed by atoms with Gasteiger partial charge in [-0.1, -0.05) is 42.1 Å². The summed E-state index contributed by atoms with van der Waals surface area (Å²) in [5, 5.41) is 11.6. The molecule has 1 atom stereocenters. The summed E-state index contributed by atoms with van der Waals surface area (Å²) in [6.07, 6.45) is 0.581. The number of thioether (sulfide) groups is 1. The molecule has 0 bridgehead atoms. The fourth-order valence-corrected chi connectivity index (χ4v) is 2.98. The zero-order chi connectivity index (χ0) is 13.8. The number of nitrogens with one attached hydrogen (secondary N) is 1. The summed E-state index contributed by atoms with van der Waals surface area (Å²) in [5.74, 6) is -0.483. The molecular weight excluding hydrogens is 260 g/mol. The van der Waals surface area contributed by atoms with Crippen LogP contribution in [0.3, 0.4) is 0 Å². The van der Waals surface area contributed by atoms with Gasteiger partial charge < -0.3 is 5.32 Å². The smallest absolute Gasteiger partial charge is 0.238 e. The number of hydrogen-bond acceptors (Lipinski definition) is 4. The Bertz CT molecular complexity index is 587. The summed E-state index contributed by atoms with van der Waals surface area (Å²) in [5.41, 5.74) is 1.08. The minimum Gasteiger partial charge on any atom is -0.318 e. The molecule has 5 heteroatoms. The number of allylic oxidation sites excluding steroid dienone is 1. The van der Waals surface area contributed by atoms with Crippen molar-refractivity contribution in [1.82, 2.24) is 5.32 Å². The zero-order valence-electron chi connectivity index (χ0n) is 10.3. The maximum absolute atomic E-state index is 11.8. The van der Waals surface area contributed by atoms with E-state index in [0.29, 0.717) is 11.4 Å². The van der Waals surface area contributed by atoms with Crippen LogP contribution in [-0.2, 0) is 16.0 Å². The average Bonchev–Trinajstić information content (AvgIpc) is 2.72. The number of ketones is 1. The number of amides is 1. The van der Waals surface area contributed by atoms with Crippen molar-refractivity contribution in [3.8, 4) is 6.07 Å². The quantitative estimate of drug-likeness (QED) is 0.672. The minimum atomic E-state index is -0.328. The van der Waals surface area contributed by atoms with Gasteiger partial charge in [0.2, 0.25) is 5.91 Å². The number of benzene rings is 1. The Morgan fingerprint density at radius 1 is 1.42 bits per heavy atom. The first-order valence-corrected chi connectivity index (χ1v) is 6.66. The number of nitriles is 1. The van der Waals surface area contributed by atoms with E-state index < -0.39 is 0 Å². The summed E-state index contributed by atoms with van der Waals surface area (Å²) in [6.45, 7) is 1.32. The molecular formula is C14H12N2O2S. The molecule has 19 heavy (non-hydrogen) atoms. The van der Waals surface area contributed by atoms with Crippen molar-refractivity contribution >= 4 is 23.5 Å². The summed E-state index contributed by atoms with van der Waals surface area (Å²) >= 11 is 1.25. The van der Waals surface area contributed by atoms with E-state index in [2.05, 4.69) is 5.32 Å². The molecule has 4 nitrogen and oxygen atoms in total. The molecule has 1 N–H and O–H groups in total. The Kier molecular flexibility index (Phi) is 4.03. The number of nitrogens with zero attached hydrogens (tertiary/aromatic N) is 1. The number of Topliss-reactive ketones (excluding diaryl/α,β-unsaturated/α-hetero) is 1. The van der Waals surface area contributed by atoms with Crippen LogP contribution < -0.4 is 5.32 Å². The highest BCUT2D eigenvalue weighted by Gasteiger charge is 2.31. The van der Waals surface area contributed by atoms with Crippen molar-refractivity contribution in [3.05, 3.63) is 46.5 Å². The second-order valence-electron chi connectivity index (χ2n) is 4.16. The van der Waals surface area contributed by atoms with E-state index in [0.717, 1.165) is 5.56 Å². The molecule has 1 fully saturated rings. The van der Waals surface area contributed by atoms with Crippen LogP contribution in [0.1, 0.15) is 12.5 Å². The predicted molar refractivity (Wildman–Crippen MR) is 73.0 cm³/mol. The molecule has 1 aromatic rings. The van der Waals surface area contributed by atoms with E-state index in [9.17, 15) is 9.59 Å². The summed E-state index contributed by atoms with van der Waals surface area (Å²) in [4.78, 5) is 23.1. The maximum Gasteiger partial charge on any atom is 0.238 e. The fourth-order valence-electron chi connectivity index (χ4n) is 1.79. The summed E-state index contributed by atoms with van der Waals surface area (Å²) in [7, 11) is 0. The molecule has 0 radical (unpaired) electrons. The largest absolute Gasteiger partial charge is 0.318 e. The third kappa shape index (κ3) is 3.04. The van der Waals surface area contributed by atoms with E-state index in [-0.39, 0.29) is 22.5 Å². The molecule has 0 saturated carbocycles. The van der Waals surface area contributed by atoms with Crippen LogP contribution >= 0.6 is 11.8 Å². The normalized spacial score (nSPS) is 20.6. The summed E-state index contributed by atoms with van der Waals surface area (Å²) < 4.78 is 0. The maximum atomic E-state index is 11.8. The highest BCUT2D eigenvalue weighted by atomic mass is 32.2. The van der Waals surface area contributed by atoms with Crippen molar-refractivity contribution in [2.45, 2.75) is 18.6 Å². The van der Waals surface area contributed by atoms with Crippen LogP contribution in [0.15, 0.2) is 40.9 Å². The highest BCUT2D eigenvalue weighted by molar-refractivity contribution is 8.04. The fraction of sp³-hybridized carbons (Fsp3) is 0.214. The molecule has 0 aromatic heterocycles. The third-order valence-electron chi connectivity index (χ3n) is 2.74. The Hall–Kier alpha value is -2.06. The Labute approximate surface area is 115 Å². The van der Waals surface area contributed by atoms with Gasteiger partial charge in [-0.15, -0.1) is 0 Å². The molecule has 0 unspecified atom stereocenters. The van der Waals surface area contributed by atoms with Gasteiger partial charge in [0, 0.05) is 0 Å². The second-order valence-corrected chi connectivity index (χ2v) is 5.37. The molecule has 2 rings (SSSR count). The van der Waals surface area contributed by atoms with Gasteiger partial charge in [0.05, 0.1) is 10.3 Å². The highest BCUT2D eigenvalue weighted by Crippen LogP contribution is 2.31. The molecule has 1 saturated heterocycles. The van der Waals surface area contributed by atoms with Crippen LogP contribution in [0.5, 0.6) is 0 Å². The van der Waals surface area contributed by atoms with E-state index in [1.807, 2.05) is 36.4 Å². The third-order valence-corrected chi connectivity index (χ3v) is 3.95. The van der Waals surface area contributed by atoms with Crippen molar-refractivity contribution in [2.75, 3.05) is 0 Å². The number of carbonyl (C=O) groups excluding carboxylic acids is 2. The molecule has 1 aromatic carbocycles. The van der Waals surface area contributed by atoms with Gasteiger partial charge >= 0.3 is 0 Å². The van der Waals surface area contributed by atoms with Crippen LogP contribution in [0.2, 0.25) is 0 Å². The van der Waals surface area contributed by atoms with E-state index in [1.165, 1.54) is 18.7 Å². The van der Waals surface area contributed by atoms with Gasteiger partial charge in [0.25, 0.3) is 0 Å². The SMILES string of the molecule is CC(=O)/C(C#N)=C1\NC(=O)[C@H](Cc2ccccc2)S1. The van der Waals surface area contributed by atoms with Crippen molar-refractivity contribution in [3.63, 3.8) is 0 Å². The van der Waals surface area contributed by atoms with Crippen molar-refractivity contribution in [1.29, 1.82) is 5.26 Å². The first-order chi connectivity index (χ1) is 9.11. The number of carbonyl (C=O) groups is 2. The monoisotopic (exact) mass is 272 g/mol. The van der Waals surface area contributed by atoms with Gasteiger partial charge in [-0.2, -0.15) is 5.26 Å². The zero-order valence-corrected chi connectivity index (χ0v) is 11.2. The Balaban J connectivity index is 2.17. The predicted octanol–water partition coefficient (Wildman–Crippen LogP) is 1.78. The lowest BCUT2D eigenvalue weighted by atomic mass is 10.1. The standard InChI is InChI=1S/C14H12N2O2S/c1-9(17)11(8-15)14-16-13(18)12(19-14)7-10-5-3-2-4-6-10/h2-6,12H,7H2,1H3,(H,16,18)/b14-11+/t12-/m0/s1. The van der Waals surface area contributed by atoms with Gasteiger partial charge in [0.15, 0.2) is 5.78 Å². The lowest BCUT2D eigenvalue weighted by molar-refractivity contribution is -0.119. The van der Waals surface area contributed by atoms with Gasteiger partial charge in [-0.05, 0) is 18.9 Å². The Morgan fingerprint density at radius 2 is 2.11 bits per heavy atom. The van der Waals surface area contributed by atoms with Gasteiger partial charge in [-0.3, -0.25) is 9.59 Å². The van der Waals surface area contributed by atoms with E-state index in [1.54, 1.807) is 0 Å². The molecule has 1 heterocycles. The van der Waals surface area contributed by atoms with E-state index in [4.69, 9.17) is 5.26 Å². The average molecular weight is 272 g/mol. The first kappa shape index (κ1) is 13.4. The molecule has 0 aliphatic carbocycles. The lowest BCUT2D eigenvalue weighted by Gasteiger charge is -2.04. The minimum absolute atomic E-state index is 0.0221. The molecule has 1 aliphatic rings. The van der Waals surface area contributed by atoms with Crippen LogP contribution in [-0.4, -0.2) is 16.9 Å². The molecule has 1 amide bonds. The van der Waals surface area contributed by atoms with E-state index >= 15 is 0 Å². The number of rotatable bonds is 3. The van der Waals surface area contributed by atoms with Crippen molar-refractivity contribution < 1.29 is 9.59 Å². The first-order valence-electron chi connectivity index (χ1n) is 5.78. The van der Waals surface area contributed by atoms with Crippen molar-refractivity contribution in [2.24, 2.45) is 0 Å². The topological polar surface area (TPSA) is 70.0 Å². The molecule has 0 spiro atoms. The molecule has 96 valence electrons. The van der Waals surface area contributed by atoms with Crippen LogP contribution in [0, 0.1) is 11.3 Å². The second kappa shape index (κ2) is 5.72. The molecule has 1 aliphatic heterocycles. The van der Waals surface area contributed by atoms with Crippen LogP contribution in [0.4, 0.5) is 0 Å². The number of hydrogen-bond donors (Lipinski definition) is 1. The summed E-state index contributed by atoms with van der Waals surface area (Å²) in [6, 6.07) is 11.5. The van der Waals surface area contributed by atoms with Gasteiger partial charge in [0.1, 0.15) is 11.6 Å².